The number of aromatic amines is 1. The smallest absolute Gasteiger partial charge is 0.469 e. The van der Waals surface area contributed by atoms with Crippen molar-refractivity contribution in [2.24, 2.45) is 0 Å². The molecule has 1 unspecified atom stereocenters. The van der Waals surface area contributed by atoms with E-state index in [0.717, 1.165) is 10.9 Å². The summed E-state index contributed by atoms with van der Waals surface area (Å²) in [6, 6.07) is 0. The van der Waals surface area contributed by atoms with Crippen LogP contribution in [0, 0.1) is 0 Å². The van der Waals surface area contributed by atoms with Crippen molar-refractivity contribution in [3.63, 3.8) is 0 Å². The second-order valence-corrected chi connectivity index (χ2v) is 8.94. The number of hydrogen-bond donors (Lipinski definition) is 9. The maximum absolute atomic E-state index is 12.4. The number of carbonyl (C=O) groups excluding carboxylic acids is 1. The number of nitrogens with zero attached hydrogens (tertiary/aromatic N) is 3. The number of carboxylic acids is 2. The van der Waals surface area contributed by atoms with Gasteiger partial charge in [0.2, 0.25) is 11.9 Å². The Morgan fingerprint density at radius 2 is 1.89 bits per heavy atom. The van der Waals surface area contributed by atoms with E-state index in [4.69, 9.17) is 24.7 Å². The van der Waals surface area contributed by atoms with Gasteiger partial charge in [0.05, 0.1) is 25.8 Å². The third-order valence-corrected chi connectivity index (χ3v) is 5.49. The van der Waals surface area contributed by atoms with Crippen molar-refractivity contribution < 1.29 is 63.5 Å². The SMILES string of the molecule is O=C(O)CC(O)(CC(=O)Nc1nc2c(ncn2[C@@H]2O[C@H](COP(=O)(O)O)[C@@H](O)[C@H]2O)c(=O)[nH]1)C(=O)O. The van der Waals surface area contributed by atoms with E-state index in [2.05, 4.69) is 19.5 Å². The summed E-state index contributed by atoms with van der Waals surface area (Å²) in [7, 11) is -4.92. The lowest BCUT2D eigenvalue weighted by atomic mass is 9.95. The van der Waals surface area contributed by atoms with Crippen molar-refractivity contribution in [1.29, 1.82) is 0 Å². The third kappa shape index (κ3) is 5.91. The molecule has 1 aliphatic rings. The standard InChI is InChI=1S/C16H20N5O14P/c22-6(1-16(30,14(28)29)2-7(23)24)18-15-19-11-8(12(27)20-15)17-4-21(11)13-10(26)9(25)5(35-13)3-34-36(31,32)33/h4-5,9-10,13,25-26,30H,1-3H2,(H,23,24)(H,28,29)(H2,31,32,33)(H2,18,19,20,22,27)/t5-,9-,10-,13-,16?/m1/s1. The lowest BCUT2D eigenvalue weighted by Gasteiger charge is -2.20. The van der Waals surface area contributed by atoms with Crippen molar-refractivity contribution in [1.82, 2.24) is 19.5 Å². The van der Waals surface area contributed by atoms with Gasteiger partial charge in [-0.15, -0.1) is 0 Å². The van der Waals surface area contributed by atoms with Crippen molar-refractivity contribution >= 4 is 42.8 Å². The van der Waals surface area contributed by atoms with Gasteiger partial charge in [0, 0.05) is 0 Å². The largest absolute Gasteiger partial charge is 0.481 e. The maximum Gasteiger partial charge on any atom is 0.469 e. The third-order valence-electron chi connectivity index (χ3n) is 5.00. The molecule has 198 valence electrons. The van der Waals surface area contributed by atoms with Gasteiger partial charge in [-0.2, -0.15) is 4.98 Å². The molecular weight excluding hydrogens is 517 g/mol. The average Bonchev–Trinajstić information content (AvgIpc) is 3.26. The summed E-state index contributed by atoms with van der Waals surface area (Å²) >= 11 is 0. The topological polar surface area (TPSA) is 304 Å². The fourth-order valence-electron chi connectivity index (χ4n) is 3.34. The number of amides is 1. The van der Waals surface area contributed by atoms with Crippen LogP contribution in [-0.4, -0.2) is 103 Å². The van der Waals surface area contributed by atoms with Gasteiger partial charge in [0.15, 0.2) is 23.0 Å². The lowest BCUT2D eigenvalue weighted by molar-refractivity contribution is -0.167. The quantitative estimate of drug-likeness (QED) is 0.133. The van der Waals surface area contributed by atoms with Gasteiger partial charge in [-0.25, -0.2) is 14.3 Å². The molecule has 1 aliphatic heterocycles. The zero-order chi connectivity index (χ0) is 27.0. The Balaban J connectivity index is 1.85. The van der Waals surface area contributed by atoms with Gasteiger partial charge in [-0.3, -0.25) is 33.8 Å². The minimum Gasteiger partial charge on any atom is -0.481 e. The minimum absolute atomic E-state index is 0.305. The highest BCUT2D eigenvalue weighted by molar-refractivity contribution is 7.46. The number of anilines is 1. The summed E-state index contributed by atoms with van der Waals surface area (Å²) in [6.07, 6.45) is -7.77. The van der Waals surface area contributed by atoms with Crippen molar-refractivity contribution in [3.8, 4) is 0 Å². The first kappa shape index (κ1) is 27.3. The fraction of sp³-hybridized carbons (Fsp3) is 0.500. The number of carboxylic acid groups (broad SMARTS) is 2. The number of fused-ring (bicyclic) bond motifs is 1. The highest BCUT2D eigenvalue weighted by Crippen LogP contribution is 2.38. The molecule has 0 bridgehead atoms. The Labute approximate surface area is 198 Å². The molecule has 0 aliphatic carbocycles. The number of carbonyl (C=O) groups is 3. The number of hydrogen-bond acceptors (Lipinski definition) is 12. The van der Waals surface area contributed by atoms with Crippen LogP contribution in [0.5, 0.6) is 0 Å². The van der Waals surface area contributed by atoms with E-state index in [1.165, 1.54) is 0 Å². The number of ether oxygens (including phenoxy) is 1. The van der Waals surface area contributed by atoms with E-state index >= 15 is 0 Å². The van der Waals surface area contributed by atoms with Crippen LogP contribution in [-0.2, 0) is 28.2 Å². The number of phosphoric ester groups is 1. The number of imidazole rings is 1. The fourth-order valence-corrected chi connectivity index (χ4v) is 3.69. The van der Waals surface area contributed by atoms with E-state index in [-0.39, 0.29) is 11.2 Å². The Morgan fingerprint density at radius 3 is 2.47 bits per heavy atom. The van der Waals surface area contributed by atoms with Crippen LogP contribution in [0.15, 0.2) is 11.1 Å². The molecule has 1 amide bonds. The molecule has 19 nitrogen and oxygen atoms in total. The second kappa shape index (κ2) is 9.99. The summed E-state index contributed by atoms with van der Waals surface area (Å²) < 4.78 is 21.5. The van der Waals surface area contributed by atoms with Gasteiger partial charge >= 0.3 is 19.8 Å². The van der Waals surface area contributed by atoms with Gasteiger partial charge in [-0.1, -0.05) is 0 Å². The number of H-pyrrole nitrogens is 1. The number of aliphatic carboxylic acids is 2. The van der Waals surface area contributed by atoms with Gasteiger partial charge in [0.1, 0.15) is 18.3 Å². The maximum atomic E-state index is 12.4. The molecule has 3 rings (SSSR count). The number of rotatable bonds is 10. The van der Waals surface area contributed by atoms with Gasteiger partial charge in [-0.05, 0) is 0 Å². The van der Waals surface area contributed by atoms with Crippen molar-refractivity contribution in [3.05, 3.63) is 16.7 Å². The Bertz CT molecular complexity index is 1290. The number of aliphatic hydroxyl groups excluding tert-OH is 2. The molecule has 9 N–H and O–H groups in total. The van der Waals surface area contributed by atoms with E-state index in [9.17, 15) is 39.1 Å². The van der Waals surface area contributed by atoms with Crippen molar-refractivity contribution in [2.75, 3.05) is 11.9 Å². The molecule has 2 aromatic heterocycles. The molecule has 5 atom stereocenters. The monoisotopic (exact) mass is 537 g/mol. The average molecular weight is 537 g/mol. The molecule has 0 aromatic carbocycles. The first-order valence-corrected chi connectivity index (χ1v) is 11.3. The summed E-state index contributed by atoms with van der Waals surface area (Å²) in [5.74, 6) is -5.46. The second-order valence-electron chi connectivity index (χ2n) is 7.70. The predicted octanol–water partition coefficient (Wildman–Crippen LogP) is -3.53. The molecule has 3 heterocycles. The number of phosphoric acid groups is 1. The summed E-state index contributed by atoms with van der Waals surface area (Å²) in [5.41, 5.74) is -4.49. The first-order valence-electron chi connectivity index (χ1n) is 9.77. The Kier molecular flexibility index (Phi) is 7.58. The minimum atomic E-state index is -4.92. The van der Waals surface area contributed by atoms with Crippen LogP contribution < -0.4 is 10.9 Å². The van der Waals surface area contributed by atoms with E-state index < -0.39 is 86.8 Å². The van der Waals surface area contributed by atoms with E-state index in [1.54, 1.807) is 0 Å². The predicted molar refractivity (Wildman–Crippen MR) is 110 cm³/mol. The van der Waals surface area contributed by atoms with Crippen LogP contribution >= 0.6 is 7.82 Å². The molecule has 2 aromatic rings. The molecule has 1 fully saturated rings. The highest BCUT2D eigenvalue weighted by atomic mass is 31.2. The van der Waals surface area contributed by atoms with Crippen LogP contribution in [0.2, 0.25) is 0 Å². The summed E-state index contributed by atoms with van der Waals surface area (Å²) in [5, 5.41) is 50.3. The van der Waals surface area contributed by atoms with Gasteiger partial charge < -0.3 is 40.1 Å². The summed E-state index contributed by atoms with van der Waals surface area (Å²) in [4.78, 5) is 74.1. The number of aliphatic hydroxyl groups is 3. The van der Waals surface area contributed by atoms with Crippen LogP contribution in [0.1, 0.15) is 19.1 Å². The van der Waals surface area contributed by atoms with Crippen LogP contribution in [0.25, 0.3) is 11.2 Å². The van der Waals surface area contributed by atoms with Crippen LogP contribution in [0.3, 0.4) is 0 Å². The molecule has 20 heteroatoms. The molecular formula is C16H20N5O14P. The Morgan fingerprint density at radius 1 is 1.22 bits per heavy atom. The molecule has 36 heavy (non-hydrogen) atoms. The van der Waals surface area contributed by atoms with Gasteiger partial charge in [0.25, 0.3) is 5.56 Å². The normalized spacial score (nSPS) is 23.9. The molecule has 0 spiro atoms. The molecule has 0 radical (unpaired) electrons. The highest BCUT2D eigenvalue weighted by Gasteiger charge is 2.45. The Hall–Kier alpha value is -3.29. The van der Waals surface area contributed by atoms with Crippen molar-refractivity contribution in [2.45, 2.75) is 43.0 Å². The number of nitrogens with one attached hydrogen (secondary N) is 2. The van der Waals surface area contributed by atoms with E-state index in [1.807, 2.05) is 5.32 Å². The molecule has 1 saturated heterocycles. The zero-order valence-electron chi connectivity index (χ0n) is 17.8. The number of aromatic nitrogens is 4. The first-order chi connectivity index (χ1) is 16.6. The van der Waals surface area contributed by atoms with E-state index in [0.29, 0.717) is 0 Å². The molecule has 0 saturated carbocycles. The van der Waals surface area contributed by atoms with Crippen LogP contribution in [0.4, 0.5) is 5.95 Å². The zero-order valence-corrected chi connectivity index (χ0v) is 18.7. The summed E-state index contributed by atoms with van der Waals surface area (Å²) in [6.45, 7) is -0.802. The lowest BCUT2D eigenvalue weighted by Crippen LogP contribution is -2.44.